The Bertz CT molecular complexity index is 1040. The Balaban J connectivity index is 1.43. The van der Waals surface area contributed by atoms with Crippen molar-refractivity contribution in [2.75, 3.05) is 33.4 Å². The predicted octanol–water partition coefficient (Wildman–Crippen LogP) is 4.13. The Labute approximate surface area is 201 Å². The fourth-order valence-electron chi connectivity index (χ4n) is 4.29. The molecule has 34 heavy (non-hydrogen) atoms. The molecule has 1 saturated carbocycles. The quantitative estimate of drug-likeness (QED) is 0.408. The third-order valence-corrected chi connectivity index (χ3v) is 6.33. The molecule has 2 aromatic carbocycles. The highest BCUT2D eigenvalue weighted by molar-refractivity contribution is 5.88. The van der Waals surface area contributed by atoms with Gasteiger partial charge in [-0.15, -0.1) is 0 Å². The molecule has 2 unspecified atom stereocenters. The van der Waals surface area contributed by atoms with Crippen molar-refractivity contribution in [1.82, 2.24) is 9.80 Å². The minimum atomic E-state index is -0.0892. The zero-order chi connectivity index (χ0) is 23.8. The van der Waals surface area contributed by atoms with Gasteiger partial charge in [0, 0.05) is 26.1 Å². The van der Waals surface area contributed by atoms with Gasteiger partial charge in [0.1, 0.15) is 5.76 Å². The summed E-state index contributed by atoms with van der Waals surface area (Å²) >= 11 is 0. The molecule has 0 radical (unpaired) electrons. The molecule has 0 spiro atoms. The monoisotopic (exact) mass is 460 g/mol. The van der Waals surface area contributed by atoms with Gasteiger partial charge in [-0.25, -0.2) is 0 Å². The Morgan fingerprint density at radius 3 is 2.35 bits per heavy atom. The summed E-state index contributed by atoms with van der Waals surface area (Å²) in [7, 11) is 1.61. The van der Waals surface area contributed by atoms with Gasteiger partial charge in [0.2, 0.25) is 11.8 Å². The van der Waals surface area contributed by atoms with Crippen molar-refractivity contribution in [1.29, 1.82) is 0 Å². The molecule has 178 valence electrons. The van der Waals surface area contributed by atoms with E-state index in [1.807, 2.05) is 48.5 Å². The van der Waals surface area contributed by atoms with E-state index < -0.39 is 0 Å². The molecule has 1 aliphatic carbocycles. The lowest BCUT2D eigenvalue weighted by Crippen LogP contribution is -2.45. The van der Waals surface area contributed by atoms with Gasteiger partial charge < -0.3 is 19.0 Å². The van der Waals surface area contributed by atoms with Crippen molar-refractivity contribution in [3.63, 3.8) is 0 Å². The Morgan fingerprint density at radius 2 is 1.68 bits per heavy atom. The van der Waals surface area contributed by atoms with Crippen molar-refractivity contribution in [2.45, 2.75) is 25.3 Å². The summed E-state index contributed by atoms with van der Waals surface area (Å²) in [6.07, 6.45) is 3.17. The molecule has 6 nitrogen and oxygen atoms in total. The number of amides is 2. The first-order chi connectivity index (χ1) is 16.7. The maximum atomic E-state index is 13.4. The number of carbonyl (C=O) groups is 2. The standard InChI is InChI=1S/C28H32N2O4/c1-33-18-16-30(28(32)26-19-25(26)23-11-6-3-7-12-23)21-27(31)29(20-24-13-8-17-34-24)15-14-22-9-4-2-5-10-22/h2-13,17,25-26H,14-16,18-21H2,1H3. The van der Waals surface area contributed by atoms with Crippen LogP contribution in [0.25, 0.3) is 0 Å². The van der Waals surface area contributed by atoms with Gasteiger partial charge in [-0.2, -0.15) is 0 Å². The normalized spacial score (nSPS) is 16.7. The first-order valence-corrected chi connectivity index (χ1v) is 11.8. The first kappa shape index (κ1) is 23.8. The van der Waals surface area contributed by atoms with Crippen LogP contribution in [0.1, 0.15) is 29.2 Å². The second-order valence-electron chi connectivity index (χ2n) is 8.74. The molecule has 1 aromatic heterocycles. The molecule has 6 heteroatoms. The maximum Gasteiger partial charge on any atom is 0.242 e. The van der Waals surface area contributed by atoms with Crippen LogP contribution in [0, 0.1) is 5.92 Å². The largest absolute Gasteiger partial charge is 0.467 e. The lowest BCUT2D eigenvalue weighted by molar-refractivity contribution is -0.142. The van der Waals surface area contributed by atoms with E-state index in [0.29, 0.717) is 26.2 Å². The van der Waals surface area contributed by atoms with Crippen LogP contribution in [0.3, 0.4) is 0 Å². The third kappa shape index (κ3) is 6.35. The molecule has 0 N–H and O–H groups in total. The third-order valence-electron chi connectivity index (χ3n) is 6.33. The molecule has 0 saturated heterocycles. The Kier molecular flexibility index (Phi) is 8.15. The summed E-state index contributed by atoms with van der Waals surface area (Å²) in [5.74, 6) is 0.817. The van der Waals surface area contributed by atoms with Gasteiger partial charge >= 0.3 is 0 Å². The minimum absolute atomic E-state index is 0.0280. The smallest absolute Gasteiger partial charge is 0.242 e. The molecule has 3 aromatic rings. The molecule has 0 bridgehead atoms. The van der Waals surface area contributed by atoms with E-state index in [9.17, 15) is 9.59 Å². The van der Waals surface area contributed by atoms with E-state index in [-0.39, 0.29) is 30.2 Å². The highest BCUT2D eigenvalue weighted by Gasteiger charge is 2.46. The van der Waals surface area contributed by atoms with Gasteiger partial charge in [0.25, 0.3) is 0 Å². The van der Waals surface area contributed by atoms with E-state index >= 15 is 0 Å². The number of carbonyl (C=O) groups excluding carboxylic acids is 2. The minimum Gasteiger partial charge on any atom is -0.467 e. The second kappa shape index (κ2) is 11.7. The van der Waals surface area contributed by atoms with Crippen LogP contribution >= 0.6 is 0 Å². The summed E-state index contributed by atoms with van der Waals surface area (Å²) < 4.78 is 10.7. The van der Waals surface area contributed by atoms with E-state index in [0.717, 1.165) is 24.2 Å². The average molecular weight is 461 g/mol. The van der Waals surface area contributed by atoms with E-state index in [2.05, 4.69) is 24.3 Å². The average Bonchev–Trinajstić information content (AvgIpc) is 3.52. The van der Waals surface area contributed by atoms with Gasteiger partial charge in [-0.1, -0.05) is 60.7 Å². The molecular weight excluding hydrogens is 428 g/mol. The fourth-order valence-corrected chi connectivity index (χ4v) is 4.29. The van der Waals surface area contributed by atoms with Crippen LogP contribution < -0.4 is 0 Å². The predicted molar refractivity (Wildman–Crippen MR) is 130 cm³/mol. The number of rotatable bonds is 12. The van der Waals surface area contributed by atoms with E-state index in [1.165, 1.54) is 5.56 Å². The van der Waals surface area contributed by atoms with Gasteiger partial charge in [-0.3, -0.25) is 9.59 Å². The SMILES string of the molecule is COCCN(CC(=O)N(CCc1ccccc1)Cc1ccco1)C(=O)C1CC1c1ccccc1. The van der Waals surface area contributed by atoms with E-state index in [4.69, 9.17) is 9.15 Å². The molecule has 1 aliphatic rings. The zero-order valence-electron chi connectivity index (χ0n) is 19.6. The lowest BCUT2D eigenvalue weighted by Gasteiger charge is -2.27. The van der Waals surface area contributed by atoms with Gasteiger partial charge in [-0.05, 0) is 42.0 Å². The van der Waals surface area contributed by atoms with Crippen LogP contribution in [0.5, 0.6) is 0 Å². The fraction of sp³-hybridized carbons (Fsp3) is 0.357. The highest BCUT2D eigenvalue weighted by atomic mass is 16.5. The van der Waals surface area contributed by atoms with Crippen LogP contribution in [0.4, 0.5) is 0 Å². The second-order valence-corrected chi connectivity index (χ2v) is 8.74. The summed E-state index contributed by atoms with van der Waals surface area (Å²) in [5.41, 5.74) is 2.34. The Morgan fingerprint density at radius 1 is 0.941 bits per heavy atom. The number of hydrogen-bond donors (Lipinski definition) is 0. The summed E-state index contributed by atoms with van der Waals surface area (Å²) in [6, 6.07) is 23.9. The van der Waals surface area contributed by atoms with Crippen molar-refractivity contribution in [2.24, 2.45) is 5.92 Å². The molecule has 1 fully saturated rings. The van der Waals surface area contributed by atoms with Crippen molar-refractivity contribution in [3.8, 4) is 0 Å². The number of ether oxygens (including phenoxy) is 1. The zero-order valence-corrected chi connectivity index (χ0v) is 19.6. The van der Waals surface area contributed by atoms with E-state index in [1.54, 1.807) is 23.2 Å². The summed E-state index contributed by atoms with van der Waals surface area (Å²) in [6.45, 7) is 1.75. The lowest BCUT2D eigenvalue weighted by atomic mass is 10.1. The van der Waals surface area contributed by atoms with Gasteiger partial charge in [0.05, 0.1) is 26.0 Å². The van der Waals surface area contributed by atoms with Gasteiger partial charge in [0.15, 0.2) is 0 Å². The van der Waals surface area contributed by atoms with Crippen LogP contribution in [-0.4, -0.2) is 55.0 Å². The molecule has 2 atom stereocenters. The molecule has 2 amide bonds. The van der Waals surface area contributed by atoms with Crippen molar-refractivity contribution >= 4 is 11.8 Å². The highest BCUT2D eigenvalue weighted by Crippen LogP contribution is 2.48. The molecule has 1 heterocycles. The maximum absolute atomic E-state index is 13.4. The van der Waals surface area contributed by atoms with Crippen molar-refractivity contribution in [3.05, 3.63) is 95.9 Å². The number of benzene rings is 2. The number of hydrogen-bond acceptors (Lipinski definition) is 4. The van der Waals surface area contributed by atoms with Crippen LogP contribution in [0.15, 0.2) is 83.5 Å². The number of furan rings is 1. The summed E-state index contributed by atoms with van der Waals surface area (Å²) in [4.78, 5) is 30.2. The first-order valence-electron chi connectivity index (χ1n) is 11.8. The van der Waals surface area contributed by atoms with Crippen molar-refractivity contribution < 1.29 is 18.7 Å². The topological polar surface area (TPSA) is 63.0 Å². The number of methoxy groups -OCH3 is 1. The summed E-state index contributed by atoms with van der Waals surface area (Å²) in [5, 5.41) is 0. The van der Waals surface area contributed by atoms with Crippen LogP contribution in [-0.2, 0) is 27.3 Å². The Hall–Kier alpha value is -3.38. The molecule has 0 aliphatic heterocycles. The molecule has 4 rings (SSSR count). The van der Waals surface area contributed by atoms with Crippen LogP contribution in [0.2, 0.25) is 0 Å². The number of nitrogens with zero attached hydrogens (tertiary/aromatic N) is 2. The molecular formula is C28H32N2O4.